The van der Waals surface area contributed by atoms with Crippen molar-refractivity contribution in [1.29, 1.82) is 0 Å². The van der Waals surface area contributed by atoms with Gasteiger partial charge >= 0.3 is 0 Å². The van der Waals surface area contributed by atoms with Crippen LogP contribution in [0.25, 0.3) is 22.2 Å². The van der Waals surface area contributed by atoms with E-state index in [0.717, 1.165) is 5.56 Å². The quantitative estimate of drug-likeness (QED) is 0.294. The van der Waals surface area contributed by atoms with Gasteiger partial charge in [0.15, 0.2) is 11.5 Å². The van der Waals surface area contributed by atoms with E-state index in [9.17, 15) is 9.59 Å². The molecule has 1 N–H and O–H groups in total. The van der Waals surface area contributed by atoms with E-state index in [4.69, 9.17) is 18.9 Å². The number of ether oxygens (including phenoxy) is 4. The van der Waals surface area contributed by atoms with Gasteiger partial charge in [-0.25, -0.2) is 4.98 Å². The summed E-state index contributed by atoms with van der Waals surface area (Å²) in [6.45, 7) is 1.28. The predicted octanol–water partition coefficient (Wildman–Crippen LogP) is 5.11. The molecule has 0 saturated heterocycles. The number of carbonyl (C=O) groups excluding carboxylic acids is 1. The van der Waals surface area contributed by atoms with Gasteiger partial charge in [-0.2, -0.15) is 11.3 Å². The van der Waals surface area contributed by atoms with Crippen LogP contribution in [0.4, 0.5) is 5.69 Å². The van der Waals surface area contributed by atoms with E-state index in [1.54, 1.807) is 42.6 Å². The Kier molecular flexibility index (Phi) is 6.89. The molecule has 5 aromatic rings. The standard InChI is InChI=1S/C29H24N4O6S/c1-36-24-13-21-26(32-29(24)37-2)23(7-9-30-21)39-19-5-3-18(4-6-19)31-28(35)25-22-15-38-11-10-33(22)14-20(27(25)34)17-8-12-40-16-17/h3-9,12-14,16H,10-11,15H2,1-2H3,(H,31,35). The zero-order chi connectivity index (χ0) is 27.6. The van der Waals surface area contributed by atoms with Crippen LogP contribution in [-0.4, -0.2) is 41.3 Å². The lowest BCUT2D eigenvalue weighted by Crippen LogP contribution is -2.31. The minimum atomic E-state index is -0.490. The summed E-state index contributed by atoms with van der Waals surface area (Å²) in [7, 11) is 3.04. The number of nitrogens with one attached hydrogen (secondary N) is 1. The van der Waals surface area contributed by atoms with Gasteiger partial charge in [0.25, 0.3) is 11.8 Å². The van der Waals surface area contributed by atoms with Crippen LogP contribution in [0.1, 0.15) is 16.1 Å². The van der Waals surface area contributed by atoms with Crippen molar-refractivity contribution in [3.8, 4) is 34.3 Å². The topological polar surface area (TPSA) is 114 Å². The number of hydrogen-bond acceptors (Lipinski definition) is 9. The van der Waals surface area contributed by atoms with Gasteiger partial charge in [-0.05, 0) is 46.7 Å². The normalized spacial score (nSPS) is 12.6. The summed E-state index contributed by atoms with van der Waals surface area (Å²) in [6, 6.07) is 12.2. The second-order valence-electron chi connectivity index (χ2n) is 8.91. The minimum Gasteiger partial charge on any atom is -0.491 e. The Bertz CT molecular complexity index is 1770. The van der Waals surface area contributed by atoms with E-state index in [-0.39, 0.29) is 17.6 Å². The number of pyridine rings is 3. The van der Waals surface area contributed by atoms with Gasteiger partial charge in [0.2, 0.25) is 5.43 Å². The lowest BCUT2D eigenvalue weighted by Gasteiger charge is -2.23. The fourth-order valence-electron chi connectivity index (χ4n) is 4.56. The number of thiophene rings is 1. The number of hydrogen-bond donors (Lipinski definition) is 1. The molecule has 0 radical (unpaired) electrons. The van der Waals surface area contributed by atoms with E-state index in [2.05, 4.69) is 15.3 Å². The number of fused-ring (bicyclic) bond motifs is 2. The molecule has 1 aliphatic heterocycles. The van der Waals surface area contributed by atoms with Gasteiger partial charge in [0.05, 0.1) is 38.6 Å². The molecule has 0 unspecified atom stereocenters. The highest BCUT2D eigenvalue weighted by Gasteiger charge is 2.24. The van der Waals surface area contributed by atoms with E-state index in [0.29, 0.717) is 64.3 Å². The molecule has 10 nitrogen and oxygen atoms in total. The monoisotopic (exact) mass is 556 g/mol. The number of aromatic nitrogens is 3. The van der Waals surface area contributed by atoms with Crippen LogP contribution in [-0.2, 0) is 17.9 Å². The van der Waals surface area contributed by atoms with Crippen molar-refractivity contribution in [2.45, 2.75) is 13.2 Å². The SMILES string of the molecule is COc1cc2nccc(Oc3ccc(NC(=O)c4c5n(cc(-c6ccsc6)c4=O)CCOC5)cc3)c2nc1OC. The van der Waals surface area contributed by atoms with Crippen molar-refractivity contribution in [3.63, 3.8) is 0 Å². The highest BCUT2D eigenvalue weighted by molar-refractivity contribution is 7.08. The second kappa shape index (κ2) is 10.8. The molecule has 11 heteroatoms. The maximum absolute atomic E-state index is 13.4. The highest BCUT2D eigenvalue weighted by Crippen LogP contribution is 2.34. The summed E-state index contributed by atoms with van der Waals surface area (Å²) in [5.41, 5.74) is 3.22. The largest absolute Gasteiger partial charge is 0.491 e. The number of benzene rings is 1. The Morgan fingerprint density at radius 2 is 1.95 bits per heavy atom. The number of nitrogens with zero attached hydrogens (tertiary/aromatic N) is 3. The Morgan fingerprint density at radius 3 is 2.70 bits per heavy atom. The van der Waals surface area contributed by atoms with Crippen molar-refractivity contribution in [1.82, 2.24) is 14.5 Å². The lowest BCUT2D eigenvalue weighted by molar-refractivity contribution is 0.0809. The summed E-state index contributed by atoms with van der Waals surface area (Å²) < 4.78 is 24.2. The van der Waals surface area contributed by atoms with Gasteiger partial charge < -0.3 is 28.8 Å². The molecule has 0 aliphatic carbocycles. The first-order valence-corrected chi connectivity index (χ1v) is 13.3. The molecule has 4 aromatic heterocycles. The molecule has 40 heavy (non-hydrogen) atoms. The minimum absolute atomic E-state index is 0.0856. The molecule has 1 amide bonds. The van der Waals surface area contributed by atoms with Gasteiger partial charge in [-0.3, -0.25) is 14.6 Å². The highest BCUT2D eigenvalue weighted by atomic mass is 32.1. The first kappa shape index (κ1) is 25.5. The molecule has 6 rings (SSSR count). The number of anilines is 1. The van der Waals surface area contributed by atoms with E-state index in [1.165, 1.54) is 25.6 Å². The van der Waals surface area contributed by atoms with Crippen molar-refractivity contribution in [3.05, 3.63) is 87.1 Å². The molecule has 0 bridgehead atoms. The molecule has 1 aliphatic rings. The number of amides is 1. The number of rotatable bonds is 7. The van der Waals surface area contributed by atoms with Crippen LogP contribution >= 0.6 is 11.3 Å². The van der Waals surface area contributed by atoms with Crippen LogP contribution in [0.3, 0.4) is 0 Å². The predicted molar refractivity (Wildman–Crippen MR) is 151 cm³/mol. The van der Waals surface area contributed by atoms with Crippen molar-refractivity contribution < 1.29 is 23.7 Å². The second-order valence-corrected chi connectivity index (χ2v) is 9.69. The Hall–Kier alpha value is -4.74. The number of methoxy groups -OCH3 is 2. The summed E-state index contributed by atoms with van der Waals surface area (Å²) in [5.74, 6) is 1.29. The van der Waals surface area contributed by atoms with E-state index >= 15 is 0 Å². The third-order valence-electron chi connectivity index (χ3n) is 6.53. The third-order valence-corrected chi connectivity index (χ3v) is 7.21. The first-order valence-electron chi connectivity index (χ1n) is 12.4. The average Bonchev–Trinajstić information content (AvgIpc) is 3.52. The fourth-order valence-corrected chi connectivity index (χ4v) is 5.22. The first-order chi connectivity index (χ1) is 19.6. The lowest BCUT2D eigenvalue weighted by atomic mass is 10.0. The van der Waals surface area contributed by atoms with Crippen molar-refractivity contribution in [2.75, 3.05) is 26.1 Å². The Morgan fingerprint density at radius 1 is 1.10 bits per heavy atom. The Balaban J connectivity index is 1.26. The van der Waals surface area contributed by atoms with Gasteiger partial charge in [0.1, 0.15) is 16.8 Å². The maximum atomic E-state index is 13.4. The van der Waals surface area contributed by atoms with Crippen LogP contribution < -0.4 is 25.0 Å². The fraction of sp³-hybridized carbons (Fsp3) is 0.172. The van der Waals surface area contributed by atoms with Gasteiger partial charge in [0, 0.05) is 42.3 Å². The molecule has 1 aromatic carbocycles. The third kappa shape index (κ3) is 4.76. The molecule has 202 valence electrons. The molecular formula is C29H24N4O6S. The maximum Gasteiger partial charge on any atom is 0.261 e. The number of carbonyl (C=O) groups is 1. The van der Waals surface area contributed by atoms with Crippen LogP contribution in [0, 0.1) is 0 Å². The molecule has 0 spiro atoms. The van der Waals surface area contributed by atoms with Gasteiger partial charge in [-0.1, -0.05) is 0 Å². The Labute approximate surface area is 232 Å². The zero-order valence-electron chi connectivity index (χ0n) is 21.7. The molecule has 0 saturated carbocycles. The average molecular weight is 557 g/mol. The summed E-state index contributed by atoms with van der Waals surface area (Å²) in [5, 5.41) is 6.66. The molecule has 5 heterocycles. The van der Waals surface area contributed by atoms with Crippen molar-refractivity contribution in [2.24, 2.45) is 0 Å². The van der Waals surface area contributed by atoms with Gasteiger partial charge in [-0.15, -0.1) is 0 Å². The zero-order valence-corrected chi connectivity index (χ0v) is 22.5. The molecular weight excluding hydrogens is 532 g/mol. The van der Waals surface area contributed by atoms with Crippen LogP contribution in [0.2, 0.25) is 0 Å². The smallest absolute Gasteiger partial charge is 0.261 e. The summed E-state index contributed by atoms with van der Waals surface area (Å²) in [4.78, 5) is 35.7. The van der Waals surface area contributed by atoms with Crippen molar-refractivity contribution >= 4 is 34.0 Å². The molecule has 0 fully saturated rings. The van der Waals surface area contributed by atoms with E-state index < -0.39 is 5.91 Å². The summed E-state index contributed by atoms with van der Waals surface area (Å²) >= 11 is 1.50. The summed E-state index contributed by atoms with van der Waals surface area (Å²) in [6.07, 6.45) is 3.43. The van der Waals surface area contributed by atoms with E-state index in [1.807, 2.05) is 27.6 Å². The van der Waals surface area contributed by atoms with Crippen LogP contribution in [0.15, 0.2) is 70.4 Å². The van der Waals surface area contributed by atoms with Crippen LogP contribution in [0.5, 0.6) is 23.1 Å². The molecule has 0 atom stereocenters.